The Morgan fingerprint density at radius 2 is 1.96 bits per heavy atom. The SMILES string of the molecule is CCN(C(=O)C1C(C=C(Cl)Cl)C1(C)C)c1cn(-c2ccccc2)nc1Cl. The highest BCUT2D eigenvalue weighted by Gasteiger charge is 2.61. The van der Waals surface area contributed by atoms with Crippen molar-refractivity contribution in [2.45, 2.75) is 20.8 Å². The molecule has 2 atom stereocenters. The fourth-order valence-corrected chi connectivity index (χ4v) is 3.95. The molecule has 4 nitrogen and oxygen atoms in total. The molecule has 138 valence electrons. The first-order chi connectivity index (χ1) is 12.3. The lowest BCUT2D eigenvalue weighted by atomic mass is 10.1. The van der Waals surface area contributed by atoms with E-state index in [1.807, 2.05) is 51.1 Å². The smallest absolute Gasteiger partial charge is 0.231 e. The fraction of sp³-hybridized carbons (Fsp3) is 0.368. The molecule has 1 aliphatic rings. The topological polar surface area (TPSA) is 38.1 Å². The van der Waals surface area contributed by atoms with E-state index in [-0.39, 0.29) is 27.6 Å². The van der Waals surface area contributed by atoms with Crippen LogP contribution in [0.15, 0.2) is 47.1 Å². The van der Waals surface area contributed by atoms with Crippen molar-refractivity contribution in [2.24, 2.45) is 17.3 Å². The Hall–Kier alpha value is -1.49. The molecule has 2 aromatic rings. The van der Waals surface area contributed by atoms with Crippen molar-refractivity contribution in [2.75, 3.05) is 11.4 Å². The predicted octanol–water partition coefficient (Wildman–Crippen LogP) is 5.47. The van der Waals surface area contributed by atoms with Crippen molar-refractivity contribution < 1.29 is 4.79 Å². The molecule has 0 aliphatic heterocycles. The molecule has 2 unspecified atom stereocenters. The second-order valence-electron chi connectivity index (χ2n) is 6.95. The molecule has 1 saturated carbocycles. The lowest BCUT2D eigenvalue weighted by molar-refractivity contribution is -0.120. The third kappa shape index (κ3) is 3.51. The number of aromatic nitrogens is 2. The number of halogens is 3. The minimum Gasteiger partial charge on any atom is -0.308 e. The van der Waals surface area contributed by atoms with Crippen molar-refractivity contribution in [3.63, 3.8) is 0 Å². The van der Waals surface area contributed by atoms with E-state index in [1.54, 1.807) is 21.9 Å². The highest BCUT2D eigenvalue weighted by molar-refractivity contribution is 6.55. The molecule has 7 heteroatoms. The van der Waals surface area contributed by atoms with Crippen molar-refractivity contribution in [1.82, 2.24) is 9.78 Å². The second-order valence-corrected chi connectivity index (χ2v) is 8.31. The average Bonchev–Trinajstić information content (AvgIpc) is 2.92. The van der Waals surface area contributed by atoms with E-state index in [1.165, 1.54) is 0 Å². The summed E-state index contributed by atoms with van der Waals surface area (Å²) >= 11 is 18.0. The van der Waals surface area contributed by atoms with Gasteiger partial charge in [-0.1, -0.05) is 66.8 Å². The average molecular weight is 413 g/mol. The standard InChI is InChI=1S/C19H20Cl3N3O/c1-4-24(18(26)16-13(10-15(20)21)19(16,2)3)14-11-25(23-17(14)22)12-8-6-5-7-9-12/h5-11,13,16H,4H2,1-3H3. The van der Waals surface area contributed by atoms with Crippen LogP contribution < -0.4 is 4.90 Å². The minimum absolute atomic E-state index is 0.00263. The van der Waals surface area contributed by atoms with Crippen LogP contribution in [-0.2, 0) is 4.79 Å². The van der Waals surface area contributed by atoms with E-state index in [2.05, 4.69) is 5.10 Å². The Morgan fingerprint density at radius 1 is 1.31 bits per heavy atom. The number of hydrogen-bond donors (Lipinski definition) is 0. The number of benzene rings is 1. The Kier molecular flexibility index (Phi) is 5.38. The molecule has 1 heterocycles. The third-order valence-corrected chi connectivity index (χ3v) is 5.55. The first-order valence-electron chi connectivity index (χ1n) is 8.42. The van der Waals surface area contributed by atoms with Crippen LogP contribution in [0.5, 0.6) is 0 Å². The second kappa shape index (κ2) is 7.26. The van der Waals surface area contributed by atoms with Crippen LogP contribution in [-0.4, -0.2) is 22.2 Å². The first kappa shape index (κ1) is 19.3. The summed E-state index contributed by atoms with van der Waals surface area (Å²) in [4.78, 5) is 14.8. The van der Waals surface area contributed by atoms with Crippen LogP contribution in [0, 0.1) is 17.3 Å². The zero-order chi connectivity index (χ0) is 19.1. The largest absolute Gasteiger partial charge is 0.308 e. The lowest BCUT2D eigenvalue weighted by Crippen LogP contribution is -2.33. The van der Waals surface area contributed by atoms with Gasteiger partial charge in [-0.3, -0.25) is 4.79 Å². The zero-order valence-electron chi connectivity index (χ0n) is 14.8. The first-order valence-corrected chi connectivity index (χ1v) is 9.55. The summed E-state index contributed by atoms with van der Waals surface area (Å²) in [5, 5.41) is 4.65. The Balaban J connectivity index is 1.89. The number of para-hydroxylation sites is 1. The van der Waals surface area contributed by atoms with Crippen LogP contribution in [0.4, 0.5) is 5.69 Å². The van der Waals surface area contributed by atoms with E-state index < -0.39 is 0 Å². The van der Waals surface area contributed by atoms with E-state index in [9.17, 15) is 4.79 Å². The number of carbonyl (C=O) groups is 1. The maximum atomic E-state index is 13.2. The van der Waals surface area contributed by atoms with Gasteiger partial charge in [-0.25, -0.2) is 4.68 Å². The quantitative estimate of drug-likeness (QED) is 0.653. The highest BCUT2D eigenvalue weighted by Crippen LogP contribution is 2.60. The van der Waals surface area contributed by atoms with Crippen LogP contribution >= 0.6 is 34.8 Å². The van der Waals surface area contributed by atoms with E-state index in [0.717, 1.165) is 5.69 Å². The van der Waals surface area contributed by atoms with Crippen LogP contribution in [0.1, 0.15) is 20.8 Å². The molecule has 0 spiro atoms. The number of allylic oxidation sites excluding steroid dienone is 1. The molecule has 0 saturated heterocycles. The number of amides is 1. The van der Waals surface area contributed by atoms with E-state index in [0.29, 0.717) is 17.4 Å². The third-order valence-electron chi connectivity index (χ3n) is 5.03. The van der Waals surface area contributed by atoms with Crippen LogP contribution in [0.25, 0.3) is 5.69 Å². The Bertz CT molecular complexity index is 841. The van der Waals surface area contributed by atoms with E-state index >= 15 is 0 Å². The summed E-state index contributed by atoms with van der Waals surface area (Å²) in [5.74, 6) is -0.175. The zero-order valence-corrected chi connectivity index (χ0v) is 17.1. The summed E-state index contributed by atoms with van der Waals surface area (Å²) in [5.41, 5.74) is 1.29. The number of rotatable bonds is 5. The Morgan fingerprint density at radius 3 is 2.54 bits per heavy atom. The Labute approximate surface area is 168 Å². The summed E-state index contributed by atoms with van der Waals surface area (Å²) in [6.07, 6.45) is 3.53. The molecular formula is C19H20Cl3N3O. The van der Waals surface area contributed by atoms with Gasteiger partial charge in [0.25, 0.3) is 0 Å². The summed E-state index contributed by atoms with van der Waals surface area (Å²) in [6, 6.07) is 9.64. The van der Waals surface area contributed by atoms with Crippen molar-refractivity contribution in [1.29, 1.82) is 0 Å². The molecule has 1 fully saturated rings. The van der Waals surface area contributed by atoms with Gasteiger partial charge in [0.2, 0.25) is 5.91 Å². The van der Waals surface area contributed by atoms with Gasteiger partial charge in [0, 0.05) is 6.54 Å². The van der Waals surface area contributed by atoms with Gasteiger partial charge in [-0.15, -0.1) is 0 Å². The molecule has 1 aliphatic carbocycles. The van der Waals surface area contributed by atoms with Crippen molar-refractivity contribution in [3.05, 3.63) is 52.2 Å². The molecule has 26 heavy (non-hydrogen) atoms. The van der Waals surface area contributed by atoms with Gasteiger partial charge in [-0.2, -0.15) is 5.10 Å². The molecule has 1 aromatic heterocycles. The highest BCUT2D eigenvalue weighted by atomic mass is 35.5. The molecule has 0 N–H and O–H groups in total. The molecule has 0 radical (unpaired) electrons. The summed E-state index contributed by atoms with van der Waals surface area (Å²) < 4.78 is 1.87. The van der Waals surface area contributed by atoms with Crippen molar-refractivity contribution >= 4 is 46.4 Å². The van der Waals surface area contributed by atoms with Gasteiger partial charge in [-0.05, 0) is 36.5 Å². The number of nitrogens with zero attached hydrogens (tertiary/aromatic N) is 3. The van der Waals surface area contributed by atoms with Crippen molar-refractivity contribution in [3.8, 4) is 5.69 Å². The molecule has 1 aromatic carbocycles. The maximum absolute atomic E-state index is 13.2. The van der Waals surface area contributed by atoms with Crippen LogP contribution in [0.3, 0.4) is 0 Å². The number of anilines is 1. The van der Waals surface area contributed by atoms with Gasteiger partial charge in [0.15, 0.2) is 5.15 Å². The maximum Gasteiger partial charge on any atom is 0.231 e. The van der Waals surface area contributed by atoms with Crippen LogP contribution in [0.2, 0.25) is 5.15 Å². The summed E-state index contributed by atoms with van der Waals surface area (Å²) in [6.45, 7) is 6.49. The molecule has 1 amide bonds. The monoisotopic (exact) mass is 411 g/mol. The fourth-order valence-electron chi connectivity index (χ4n) is 3.45. The predicted molar refractivity (Wildman–Crippen MR) is 107 cm³/mol. The van der Waals surface area contributed by atoms with Gasteiger partial charge in [0.05, 0.1) is 17.8 Å². The van der Waals surface area contributed by atoms with Gasteiger partial charge in [0.1, 0.15) is 10.2 Å². The van der Waals surface area contributed by atoms with Gasteiger partial charge >= 0.3 is 0 Å². The lowest BCUT2D eigenvalue weighted by Gasteiger charge is -2.20. The van der Waals surface area contributed by atoms with E-state index in [4.69, 9.17) is 34.8 Å². The molecular weight excluding hydrogens is 393 g/mol. The minimum atomic E-state index is -0.193. The van der Waals surface area contributed by atoms with Gasteiger partial charge < -0.3 is 4.90 Å². The summed E-state index contributed by atoms with van der Waals surface area (Å²) in [7, 11) is 0. The molecule has 3 rings (SSSR count). The normalized spacial score (nSPS) is 20.5. The number of carbonyl (C=O) groups excluding carboxylic acids is 1. The molecule has 0 bridgehead atoms. The number of hydrogen-bond acceptors (Lipinski definition) is 2.